The van der Waals surface area contributed by atoms with Gasteiger partial charge in [0, 0.05) is 6.21 Å². The molecule has 1 heterocycles. The molecular formula is C3H6CaN2S. The van der Waals surface area contributed by atoms with Crippen LogP contribution in [0.5, 0.6) is 0 Å². The Kier molecular flexibility index (Phi) is 5.55. The van der Waals surface area contributed by atoms with E-state index in [1.54, 1.807) is 6.21 Å². The van der Waals surface area contributed by atoms with E-state index in [2.05, 4.69) is 9.93 Å². The van der Waals surface area contributed by atoms with Gasteiger partial charge in [0.15, 0.2) is 0 Å². The van der Waals surface area contributed by atoms with Crippen molar-refractivity contribution in [1.82, 2.24) is 4.83 Å². The van der Waals surface area contributed by atoms with Crippen molar-refractivity contribution in [3.8, 4) is 0 Å². The fraction of sp³-hybridized carbons (Fsp3) is 0. The summed E-state index contributed by atoms with van der Waals surface area (Å²) in [4.78, 5) is 2.68. The van der Waals surface area contributed by atoms with Crippen LogP contribution >= 0.6 is 11.9 Å². The minimum absolute atomic E-state index is 0. The topological polar surface area (TPSA) is 24.4 Å². The molecule has 1 rings (SSSR count). The number of allylic oxidation sites excluding steroid dienone is 1. The first-order valence-electron chi connectivity index (χ1n) is 1.59. The summed E-state index contributed by atoms with van der Waals surface area (Å²) in [6, 6.07) is 0. The molecular weight excluding hydrogens is 136 g/mol. The van der Waals surface area contributed by atoms with Crippen molar-refractivity contribution in [3.63, 3.8) is 0 Å². The van der Waals surface area contributed by atoms with Crippen LogP contribution in [0.4, 0.5) is 0 Å². The van der Waals surface area contributed by atoms with Crippen LogP contribution in [0.1, 0.15) is 0 Å². The zero-order valence-electron chi connectivity index (χ0n) is 3.09. The molecule has 1 N–H and O–H groups in total. The molecule has 0 spiro atoms. The molecule has 2 nitrogen and oxygen atoms in total. The molecule has 36 valence electrons. The number of hydrazone groups is 1. The van der Waals surface area contributed by atoms with Crippen LogP contribution in [0.25, 0.3) is 0 Å². The second-order valence-corrected chi connectivity index (χ2v) is 1.51. The van der Waals surface area contributed by atoms with E-state index >= 15 is 0 Å². The molecule has 1 aliphatic heterocycles. The van der Waals surface area contributed by atoms with Crippen molar-refractivity contribution in [2.24, 2.45) is 5.10 Å². The molecule has 0 saturated heterocycles. The van der Waals surface area contributed by atoms with Crippen LogP contribution in [-0.2, 0) is 0 Å². The van der Waals surface area contributed by atoms with Crippen molar-refractivity contribution in [3.05, 3.63) is 11.5 Å². The number of rotatable bonds is 0. The Labute approximate surface area is 76.6 Å². The van der Waals surface area contributed by atoms with E-state index in [-0.39, 0.29) is 37.7 Å². The quantitative estimate of drug-likeness (QED) is 0.375. The first-order chi connectivity index (χ1) is 3.00. The van der Waals surface area contributed by atoms with Crippen LogP contribution in [0.2, 0.25) is 0 Å². The molecule has 0 aromatic heterocycles. The summed E-state index contributed by atoms with van der Waals surface area (Å²) < 4.78 is 0. The predicted octanol–water partition coefficient (Wildman–Crippen LogP) is -0.179. The second kappa shape index (κ2) is 4.97. The average Bonchev–Trinajstić information content (AvgIpc) is 1.72. The van der Waals surface area contributed by atoms with Crippen LogP contribution in [0.15, 0.2) is 16.6 Å². The van der Waals surface area contributed by atoms with Gasteiger partial charge in [-0.05, 0) is 23.4 Å². The number of hydrogen-bond acceptors (Lipinski definition) is 3. The van der Waals surface area contributed by atoms with Gasteiger partial charge in [-0.3, -0.25) is 0 Å². The molecule has 0 saturated carbocycles. The first-order valence-corrected chi connectivity index (χ1v) is 2.47. The molecule has 0 fully saturated rings. The van der Waals surface area contributed by atoms with Gasteiger partial charge in [0.1, 0.15) is 0 Å². The molecule has 7 heavy (non-hydrogen) atoms. The zero-order valence-corrected chi connectivity index (χ0v) is 3.90. The summed E-state index contributed by atoms with van der Waals surface area (Å²) >= 11 is 1.47. The average molecular weight is 142 g/mol. The molecule has 0 amide bonds. The SMILES string of the molecule is C1=CSNN=C1.[CaH2]. The first kappa shape index (κ1) is 7.82. The van der Waals surface area contributed by atoms with Gasteiger partial charge in [0.2, 0.25) is 0 Å². The third-order valence-electron chi connectivity index (χ3n) is 0.413. The Hall–Kier alpha value is 0.820. The third-order valence-corrected chi connectivity index (χ3v) is 0.917. The summed E-state index contributed by atoms with van der Waals surface area (Å²) in [5.74, 6) is 0. The van der Waals surface area contributed by atoms with E-state index in [1.165, 1.54) is 11.9 Å². The standard InChI is InChI=1S/C3H4N2S.Ca.2H/c1-2-4-5-6-3-1;;;/h1-3,5H;;;. The summed E-state index contributed by atoms with van der Waals surface area (Å²) in [7, 11) is 0. The monoisotopic (exact) mass is 142 g/mol. The molecule has 0 bridgehead atoms. The van der Waals surface area contributed by atoms with Crippen molar-refractivity contribution in [2.45, 2.75) is 0 Å². The van der Waals surface area contributed by atoms with Crippen LogP contribution in [0, 0.1) is 0 Å². The maximum absolute atomic E-state index is 3.68. The van der Waals surface area contributed by atoms with Gasteiger partial charge in [0.25, 0.3) is 0 Å². The van der Waals surface area contributed by atoms with E-state index in [9.17, 15) is 0 Å². The molecule has 1 aliphatic rings. The summed E-state index contributed by atoms with van der Waals surface area (Å²) in [6.07, 6.45) is 3.58. The van der Waals surface area contributed by atoms with E-state index in [4.69, 9.17) is 0 Å². The number of nitrogens with one attached hydrogen (secondary N) is 1. The zero-order chi connectivity index (χ0) is 4.24. The molecule has 0 aromatic rings. The van der Waals surface area contributed by atoms with Crippen molar-refractivity contribution < 1.29 is 0 Å². The van der Waals surface area contributed by atoms with E-state index in [0.29, 0.717) is 0 Å². The van der Waals surface area contributed by atoms with E-state index in [0.717, 1.165) is 0 Å². The molecule has 0 aromatic carbocycles. The summed E-state index contributed by atoms with van der Waals surface area (Å²) in [5.41, 5.74) is 0. The molecule has 4 heteroatoms. The molecule has 0 radical (unpaired) electrons. The maximum atomic E-state index is 3.68. The molecule has 0 atom stereocenters. The van der Waals surface area contributed by atoms with E-state index in [1.807, 2.05) is 11.5 Å². The fourth-order valence-corrected chi connectivity index (χ4v) is 0.540. The minimum atomic E-state index is 0. The second-order valence-electron chi connectivity index (χ2n) is 0.816. The van der Waals surface area contributed by atoms with Gasteiger partial charge >= 0.3 is 37.7 Å². The van der Waals surface area contributed by atoms with Crippen molar-refractivity contribution in [2.75, 3.05) is 0 Å². The van der Waals surface area contributed by atoms with Gasteiger partial charge in [-0.25, -0.2) is 4.83 Å². The Balaban J connectivity index is 0.000000360. The van der Waals surface area contributed by atoms with Gasteiger partial charge in [-0.1, -0.05) is 0 Å². The number of hydrogen-bond donors (Lipinski definition) is 1. The van der Waals surface area contributed by atoms with Crippen LogP contribution in [-0.4, -0.2) is 44.0 Å². The van der Waals surface area contributed by atoms with Crippen molar-refractivity contribution in [1.29, 1.82) is 0 Å². The predicted molar refractivity (Wildman–Crippen MR) is 36.9 cm³/mol. The Morgan fingerprint density at radius 3 is 2.57 bits per heavy atom. The van der Waals surface area contributed by atoms with Gasteiger partial charge < -0.3 is 0 Å². The van der Waals surface area contributed by atoms with Crippen LogP contribution in [0.3, 0.4) is 0 Å². The normalized spacial score (nSPS) is 14.9. The van der Waals surface area contributed by atoms with Gasteiger partial charge in [-0.15, -0.1) is 0 Å². The molecule has 0 aliphatic carbocycles. The third kappa shape index (κ3) is 3.41. The molecule has 0 unspecified atom stereocenters. The van der Waals surface area contributed by atoms with Gasteiger partial charge in [0.05, 0.1) is 0 Å². The van der Waals surface area contributed by atoms with Gasteiger partial charge in [-0.2, -0.15) is 5.10 Å². The Morgan fingerprint density at radius 1 is 1.57 bits per heavy atom. The Bertz CT molecular complexity index is 78.9. The van der Waals surface area contributed by atoms with Crippen LogP contribution < -0.4 is 4.83 Å². The fourth-order valence-electron chi connectivity index (χ4n) is 0.209. The Morgan fingerprint density at radius 2 is 2.43 bits per heavy atom. The van der Waals surface area contributed by atoms with E-state index < -0.39 is 0 Å². The summed E-state index contributed by atoms with van der Waals surface area (Å²) in [6.45, 7) is 0. The number of nitrogens with zero attached hydrogens (tertiary/aromatic N) is 1. The summed E-state index contributed by atoms with van der Waals surface area (Å²) in [5, 5.41) is 5.60. The van der Waals surface area contributed by atoms with Crippen molar-refractivity contribution >= 4 is 55.9 Å².